The highest BCUT2D eigenvalue weighted by atomic mass is 35.5. The summed E-state index contributed by atoms with van der Waals surface area (Å²) in [6, 6.07) is 1.76. The molecule has 8 heteroatoms. The number of hydrogen-bond donors (Lipinski definition) is 1. The van der Waals surface area contributed by atoms with Crippen LogP contribution >= 0.6 is 23.2 Å². The minimum absolute atomic E-state index is 0.0488. The van der Waals surface area contributed by atoms with Gasteiger partial charge in [0.2, 0.25) is 5.28 Å². The van der Waals surface area contributed by atoms with Crippen molar-refractivity contribution in [1.82, 2.24) is 19.9 Å². The van der Waals surface area contributed by atoms with Gasteiger partial charge in [-0.15, -0.1) is 0 Å². The van der Waals surface area contributed by atoms with Crippen molar-refractivity contribution in [2.45, 2.75) is 39.3 Å². The van der Waals surface area contributed by atoms with Crippen LogP contribution in [0, 0.1) is 0 Å². The van der Waals surface area contributed by atoms with Gasteiger partial charge in [0, 0.05) is 18.8 Å². The predicted octanol–water partition coefficient (Wildman–Crippen LogP) is 3.82. The van der Waals surface area contributed by atoms with Crippen molar-refractivity contribution in [2.24, 2.45) is 0 Å². The first-order chi connectivity index (χ1) is 10.2. The molecule has 0 radical (unpaired) electrons. The molecule has 22 heavy (non-hydrogen) atoms. The molecule has 1 atom stereocenters. The van der Waals surface area contributed by atoms with Crippen LogP contribution in [0.15, 0.2) is 12.3 Å². The minimum atomic E-state index is -0.526. The second-order valence-electron chi connectivity index (χ2n) is 5.97. The Morgan fingerprint density at radius 1 is 1.41 bits per heavy atom. The van der Waals surface area contributed by atoms with E-state index in [9.17, 15) is 4.79 Å². The lowest BCUT2D eigenvalue weighted by atomic mass is 10.2. The molecule has 2 aromatic heterocycles. The van der Waals surface area contributed by atoms with Gasteiger partial charge in [-0.2, -0.15) is 0 Å². The molecule has 0 aliphatic rings. The smallest absolute Gasteiger partial charge is 0.407 e. The van der Waals surface area contributed by atoms with E-state index in [4.69, 9.17) is 27.9 Å². The summed E-state index contributed by atoms with van der Waals surface area (Å²) in [7, 11) is 0. The molecule has 0 bridgehead atoms. The Kier molecular flexibility index (Phi) is 4.82. The Balaban J connectivity index is 2.11. The quantitative estimate of drug-likeness (QED) is 0.678. The molecule has 1 N–H and O–H groups in total. The Labute approximate surface area is 138 Å². The van der Waals surface area contributed by atoms with Gasteiger partial charge in [-0.1, -0.05) is 11.6 Å². The second kappa shape index (κ2) is 6.30. The molecule has 0 fully saturated rings. The monoisotopic (exact) mass is 344 g/mol. The second-order valence-corrected chi connectivity index (χ2v) is 6.67. The van der Waals surface area contributed by atoms with Crippen LogP contribution in [0.4, 0.5) is 4.79 Å². The van der Waals surface area contributed by atoms with Gasteiger partial charge >= 0.3 is 6.09 Å². The molecule has 1 amide bonds. The normalized spacial score (nSPS) is 13.2. The number of amides is 1. The van der Waals surface area contributed by atoms with Crippen molar-refractivity contribution in [3.05, 3.63) is 22.7 Å². The summed E-state index contributed by atoms with van der Waals surface area (Å²) in [5.74, 6) is 0. The third kappa shape index (κ3) is 4.01. The van der Waals surface area contributed by atoms with Gasteiger partial charge in [-0.05, 0) is 45.4 Å². The van der Waals surface area contributed by atoms with Gasteiger partial charge in [0.1, 0.15) is 11.1 Å². The van der Waals surface area contributed by atoms with Gasteiger partial charge in [0.05, 0.1) is 5.52 Å². The Morgan fingerprint density at radius 3 is 2.73 bits per heavy atom. The number of alkyl carbamates (subject to hydrolysis) is 1. The number of nitrogens with one attached hydrogen (secondary N) is 1. The van der Waals surface area contributed by atoms with Crippen LogP contribution in [0.1, 0.15) is 33.7 Å². The minimum Gasteiger partial charge on any atom is -0.444 e. The maximum Gasteiger partial charge on any atom is 0.407 e. The van der Waals surface area contributed by atoms with Crippen molar-refractivity contribution in [1.29, 1.82) is 0 Å². The van der Waals surface area contributed by atoms with E-state index in [0.717, 1.165) is 0 Å². The van der Waals surface area contributed by atoms with E-state index >= 15 is 0 Å². The van der Waals surface area contributed by atoms with Gasteiger partial charge < -0.3 is 14.6 Å². The first-order valence-corrected chi connectivity index (χ1v) is 7.59. The van der Waals surface area contributed by atoms with Crippen molar-refractivity contribution < 1.29 is 9.53 Å². The predicted molar refractivity (Wildman–Crippen MR) is 86.5 cm³/mol. The lowest BCUT2D eigenvalue weighted by Crippen LogP contribution is -2.35. The Morgan fingerprint density at radius 2 is 2.09 bits per heavy atom. The van der Waals surface area contributed by atoms with Crippen molar-refractivity contribution in [3.63, 3.8) is 0 Å². The largest absolute Gasteiger partial charge is 0.444 e. The van der Waals surface area contributed by atoms with E-state index < -0.39 is 11.7 Å². The molecule has 0 unspecified atom stereocenters. The zero-order valence-electron chi connectivity index (χ0n) is 12.9. The van der Waals surface area contributed by atoms with Crippen LogP contribution in [0.3, 0.4) is 0 Å². The van der Waals surface area contributed by atoms with Crippen molar-refractivity contribution in [2.75, 3.05) is 6.54 Å². The molecule has 2 heterocycles. The van der Waals surface area contributed by atoms with E-state index in [-0.39, 0.29) is 16.5 Å². The first kappa shape index (κ1) is 16.8. The molecular weight excluding hydrogens is 327 g/mol. The highest BCUT2D eigenvalue weighted by Crippen LogP contribution is 2.25. The molecule has 0 saturated carbocycles. The third-order valence-electron chi connectivity index (χ3n) is 2.91. The average molecular weight is 345 g/mol. The van der Waals surface area contributed by atoms with Gasteiger partial charge in [-0.25, -0.2) is 14.8 Å². The fraction of sp³-hybridized carbons (Fsp3) is 0.500. The Bertz CT molecular complexity index is 694. The van der Waals surface area contributed by atoms with E-state index in [0.29, 0.717) is 17.6 Å². The van der Waals surface area contributed by atoms with Crippen molar-refractivity contribution >= 4 is 40.3 Å². The summed E-state index contributed by atoms with van der Waals surface area (Å²) >= 11 is 11.9. The summed E-state index contributed by atoms with van der Waals surface area (Å²) in [6.07, 6.45) is 1.38. The van der Waals surface area contributed by atoms with Gasteiger partial charge in [-0.3, -0.25) is 0 Å². The highest BCUT2D eigenvalue weighted by molar-refractivity contribution is 6.35. The van der Waals surface area contributed by atoms with Crippen LogP contribution in [0.25, 0.3) is 11.0 Å². The number of halogens is 2. The lowest BCUT2D eigenvalue weighted by Gasteiger charge is -2.21. The molecule has 2 rings (SSSR count). The van der Waals surface area contributed by atoms with Crippen LogP contribution < -0.4 is 5.32 Å². The van der Waals surface area contributed by atoms with Crippen LogP contribution in [-0.4, -0.2) is 32.8 Å². The fourth-order valence-corrected chi connectivity index (χ4v) is 2.50. The van der Waals surface area contributed by atoms with E-state index in [1.165, 1.54) is 0 Å². The van der Waals surface area contributed by atoms with E-state index in [1.807, 2.05) is 38.5 Å². The highest BCUT2D eigenvalue weighted by Gasteiger charge is 2.18. The summed E-state index contributed by atoms with van der Waals surface area (Å²) in [5, 5.41) is 3.12. The molecular formula is C14H18Cl2N4O2. The van der Waals surface area contributed by atoms with Crippen LogP contribution in [-0.2, 0) is 4.74 Å². The number of fused-ring (bicyclic) bond motifs is 1. The molecule has 0 aliphatic heterocycles. The summed E-state index contributed by atoms with van der Waals surface area (Å²) in [4.78, 5) is 19.8. The molecule has 120 valence electrons. The molecule has 6 nitrogen and oxygen atoms in total. The number of ether oxygens (including phenoxy) is 1. The number of rotatable bonds is 3. The first-order valence-electron chi connectivity index (χ1n) is 6.84. The van der Waals surface area contributed by atoms with Crippen LogP contribution in [0.5, 0.6) is 0 Å². The third-order valence-corrected chi connectivity index (χ3v) is 3.34. The lowest BCUT2D eigenvalue weighted by molar-refractivity contribution is 0.0521. The number of nitrogens with zero attached hydrogens (tertiary/aromatic N) is 3. The van der Waals surface area contributed by atoms with E-state index in [1.54, 1.807) is 6.07 Å². The van der Waals surface area contributed by atoms with Gasteiger partial charge in [0.25, 0.3) is 0 Å². The molecule has 0 aromatic carbocycles. The summed E-state index contributed by atoms with van der Waals surface area (Å²) in [6.45, 7) is 7.78. The maximum absolute atomic E-state index is 11.7. The molecule has 2 aromatic rings. The SMILES string of the molecule is C[C@H](CNC(=O)OC(C)(C)C)n1ccc2nc(Cl)nc(Cl)c21. The van der Waals surface area contributed by atoms with Crippen LogP contribution in [0.2, 0.25) is 10.4 Å². The average Bonchev–Trinajstić information content (AvgIpc) is 2.77. The maximum atomic E-state index is 11.7. The summed E-state index contributed by atoms with van der Waals surface area (Å²) in [5.41, 5.74) is 0.820. The number of aromatic nitrogens is 3. The zero-order valence-corrected chi connectivity index (χ0v) is 14.4. The standard InChI is InChI=1S/C14H18Cl2N4O2/c1-8(7-17-13(21)22-14(2,3)4)20-6-5-9-10(20)11(15)19-12(16)18-9/h5-6,8H,7H2,1-4H3,(H,17,21)/t8-/m1/s1. The van der Waals surface area contributed by atoms with Crippen molar-refractivity contribution in [3.8, 4) is 0 Å². The number of hydrogen-bond acceptors (Lipinski definition) is 4. The topological polar surface area (TPSA) is 69.0 Å². The van der Waals surface area contributed by atoms with E-state index in [2.05, 4.69) is 15.3 Å². The summed E-state index contributed by atoms with van der Waals surface area (Å²) < 4.78 is 7.10. The number of carbonyl (C=O) groups excluding carboxylic acids is 1. The molecule has 0 aliphatic carbocycles. The number of carbonyl (C=O) groups is 1. The fourth-order valence-electron chi connectivity index (χ4n) is 2.01. The molecule has 0 saturated heterocycles. The molecule has 0 spiro atoms. The Hall–Kier alpha value is -1.53. The van der Waals surface area contributed by atoms with Gasteiger partial charge in [0.15, 0.2) is 5.15 Å². The zero-order chi connectivity index (χ0) is 16.5.